The largest absolute Gasteiger partial charge is 0.486 e. The molecular weight excluding hydrogens is 282 g/mol. The molecule has 110 valence electrons. The molecule has 21 heavy (non-hydrogen) atoms. The van der Waals surface area contributed by atoms with E-state index in [1.807, 2.05) is 0 Å². The van der Waals surface area contributed by atoms with Crippen molar-refractivity contribution in [3.63, 3.8) is 0 Å². The zero-order valence-electron chi connectivity index (χ0n) is 12.3. The number of anilines is 1. The van der Waals surface area contributed by atoms with Crippen LogP contribution < -0.4 is 14.8 Å². The SMILES string of the molecule is CSc1cc2c(cc1CNc1cccc(C)c1)OCCO2. The van der Waals surface area contributed by atoms with E-state index >= 15 is 0 Å². The van der Waals surface area contributed by atoms with Crippen LogP contribution >= 0.6 is 11.8 Å². The van der Waals surface area contributed by atoms with Gasteiger partial charge in [0, 0.05) is 17.1 Å². The van der Waals surface area contributed by atoms with Crippen LogP contribution in [-0.2, 0) is 6.54 Å². The highest BCUT2D eigenvalue weighted by atomic mass is 32.2. The molecule has 0 fully saturated rings. The van der Waals surface area contributed by atoms with Crippen molar-refractivity contribution in [2.45, 2.75) is 18.4 Å². The average Bonchev–Trinajstić information content (AvgIpc) is 2.52. The molecule has 0 aliphatic carbocycles. The lowest BCUT2D eigenvalue weighted by Crippen LogP contribution is -2.16. The van der Waals surface area contributed by atoms with Gasteiger partial charge in [-0.25, -0.2) is 0 Å². The Hall–Kier alpha value is -1.81. The van der Waals surface area contributed by atoms with Gasteiger partial charge in [-0.2, -0.15) is 0 Å². The predicted molar refractivity (Wildman–Crippen MR) is 87.7 cm³/mol. The van der Waals surface area contributed by atoms with Gasteiger partial charge in [-0.05, 0) is 48.6 Å². The standard InChI is InChI=1S/C17H19NO2S/c1-12-4-3-5-14(8-12)18-11-13-9-15-16(10-17(13)21-2)20-7-6-19-15/h3-5,8-10,18H,6-7,11H2,1-2H3. The van der Waals surface area contributed by atoms with Gasteiger partial charge in [0.25, 0.3) is 0 Å². The van der Waals surface area contributed by atoms with Crippen LogP contribution in [0.25, 0.3) is 0 Å². The molecule has 0 unspecified atom stereocenters. The zero-order valence-corrected chi connectivity index (χ0v) is 13.1. The van der Waals surface area contributed by atoms with Gasteiger partial charge in [0.1, 0.15) is 13.2 Å². The summed E-state index contributed by atoms with van der Waals surface area (Å²) < 4.78 is 11.3. The van der Waals surface area contributed by atoms with Gasteiger partial charge < -0.3 is 14.8 Å². The van der Waals surface area contributed by atoms with Crippen molar-refractivity contribution < 1.29 is 9.47 Å². The first-order chi connectivity index (χ1) is 10.3. The molecule has 3 rings (SSSR count). The van der Waals surface area contributed by atoms with Crippen molar-refractivity contribution in [3.05, 3.63) is 47.5 Å². The maximum absolute atomic E-state index is 5.67. The Bertz CT molecular complexity index is 643. The van der Waals surface area contributed by atoms with Crippen molar-refractivity contribution in [1.29, 1.82) is 0 Å². The van der Waals surface area contributed by atoms with E-state index in [0.29, 0.717) is 13.2 Å². The van der Waals surface area contributed by atoms with Crippen LogP contribution in [0.5, 0.6) is 11.5 Å². The molecule has 0 radical (unpaired) electrons. The lowest BCUT2D eigenvalue weighted by Gasteiger charge is -2.21. The Balaban J connectivity index is 1.81. The van der Waals surface area contributed by atoms with E-state index in [2.05, 4.69) is 54.9 Å². The zero-order chi connectivity index (χ0) is 14.7. The summed E-state index contributed by atoms with van der Waals surface area (Å²) in [5, 5.41) is 3.47. The first-order valence-corrected chi connectivity index (χ1v) is 8.26. The van der Waals surface area contributed by atoms with Crippen molar-refractivity contribution in [3.8, 4) is 11.5 Å². The minimum absolute atomic E-state index is 0.621. The summed E-state index contributed by atoms with van der Waals surface area (Å²) in [5.74, 6) is 1.70. The molecular formula is C17H19NO2S. The van der Waals surface area contributed by atoms with Gasteiger partial charge in [-0.3, -0.25) is 0 Å². The van der Waals surface area contributed by atoms with Gasteiger partial charge in [-0.15, -0.1) is 11.8 Å². The molecule has 0 spiro atoms. The smallest absolute Gasteiger partial charge is 0.162 e. The van der Waals surface area contributed by atoms with E-state index < -0.39 is 0 Å². The molecule has 0 atom stereocenters. The molecule has 0 aromatic heterocycles. The van der Waals surface area contributed by atoms with Gasteiger partial charge in [-0.1, -0.05) is 12.1 Å². The highest BCUT2D eigenvalue weighted by molar-refractivity contribution is 7.98. The Kier molecular flexibility index (Phi) is 4.25. The number of ether oxygens (including phenoxy) is 2. The Morgan fingerprint density at radius 1 is 1.10 bits per heavy atom. The number of hydrogen-bond acceptors (Lipinski definition) is 4. The third-order valence-corrected chi connectivity index (χ3v) is 4.27. The second-order valence-electron chi connectivity index (χ2n) is 5.03. The predicted octanol–water partition coefficient (Wildman–Crippen LogP) is 4.10. The summed E-state index contributed by atoms with van der Waals surface area (Å²) in [4.78, 5) is 1.22. The first-order valence-electron chi connectivity index (χ1n) is 7.03. The Morgan fingerprint density at radius 3 is 2.57 bits per heavy atom. The van der Waals surface area contributed by atoms with Crippen LogP contribution in [0.15, 0.2) is 41.3 Å². The minimum Gasteiger partial charge on any atom is -0.486 e. The Morgan fingerprint density at radius 2 is 1.86 bits per heavy atom. The quantitative estimate of drug-likeness (QED) is 0.861. The molecule has 2 aromatic rings. The summed E-state index contributed by atoms with van der Waals surface area (Å²) in [6.45, 7) is 4.12. The first kappa shape index (κ1) is 14.1. The molecule has 0 bridgehead atoms. The fraction of sp³-hybridized carbons (Fsp3) is 0.294. The second kappa shape index (κ2) is 6.31. The van der Waals surface area contributed by atoms with E-state index in [1.54, 1.807) is 11.8 Å². The summed E-state index contributed by atoms with van der Waals surface area (Å²) in [5.41, 5.74) is 3.62. The maximum Gasteiger partial charge on any atom is 0.162 e. The molecule has 4 heteroatoms. The molecule has 0 saturated heterocycles. The lowest BCUT2D eigenvalue weighted by molar-refractivity contribution is 0.171. The molecule has 3 nitrogen and oxygen atoms in total. The van der Waals surface area contributed by atoms with Gasteiger partial charge >= 0.3 is 0 Å². The van der Waals surface area contributed by atoms with E-state index in [9.17, 15) is 0 Å². The second-order valence-corrected chi connectivity index (χ2v) is 5.88. The number of nitrogens with one attached hydrogen (secondary N) is 1. The topological polar surface area (TPSA) is 30.5 Å². The lowest BCUT2D eigenvalue weighted by atomic mass is 10.1. The van der Waals surface area contributed by atoms with Crippen LogP contribution in [0.2, 0.25) is 0 Å². The Labute approximate surface area is 129 Å². The number of hydrogen-bond donors (Lipinski definition) is 1. The van der Waals surface area contributed by atoms with E-state index in [1.165, 1.54) is 16.0 Å². The average molecular weight is 301 g/mol. The maximum atomic E-state index is 5.67. The number of thioether (sulfide) groups is 1. The number of benzene rings is 2. The van der Waals surface area contributed by atoms with Crippen molar-refractivity contribution in [2.24, 2.45) is 0 Å². The molecule has 1 aliphatic heterocycles. The number of aryl methyl sites for hydroxylation is 1. The van der Waals surface area contributed by atoms with E-state index in [0.717, 1.165) is 23.7 Å². The third kappa shape index (κ3) is 3.27. The van der Waals surface area contributed by atoms with Crippen LogP contribution in [0, 0.1) is 6.92 Å². The van der Waals surface area contributed by atoms with Gasteiger partial charge in [0.15, 0.2) is 11.5 Å². The summed E-state index contributed by atoms with van der Waals surface area (Å²) >= 11 is 1.73. The minimum atomic E-state index is 0.621. The summed E-state index contributed by atoms with van der Waals surface area (Å²) in [6.07, 6.45) is 2.08. The fourth-order valence-corrected chi connectivity index (χ4v) is 3.01. The highest BCUT2D eigenvalue weighted by Gasteiger charge is 2.15. The van der Waals surface area contributed by atoms with Gasteiger partial charge in [0.05, 0.1) is 0 Å². The van der Waals surface area contributed by atoms with Crippen molar-refractivity contribution >= 4 is 17.4 Å². The third-order valence-electron chi connectivity index (χ3n) is 3.45. The fourth-order valence-electron chi connectivity index (χ4n) is 2.39. The number of rotatable bonds is 4. The number of fused-ring (bicyclic) bond motifs is 1. The summed E-state index contributed by atoms with van der Waals surface area (Å²) in [7, 11) is 0. The van der Waals surface area contributed by atoms with Crippen LogP contribution in [0.3, 0.4) is 0 Å². The van der Waals surface area contributed by atoms with Crippen molar-refractivity contribution in [2.75, 3.05) is 24.8 Å². The van der Waals surface area contributed by atoms with Crippen LogP contribution in [-0.4, -0.2) is 19.5 Å². The highest BCUT2D eigenvalue weighted by Crippen LogP contribution is 2.36. The molecule has 0 saturated carbocycles. The molecule has 2 aromatic carbocycles. The normalized spacial score (nSPS) is 13.0. The molecule has 1 aliphatic rings. The van der Waals surface area contributed by atoms with E-state index in [4.69, 9.17) is 9.47 Å². The molecule has 1 N–H and O–H groups in total. The van der Waals surface area contributed by atoms with Crippen LogP contribution in [0.4, 0.5) is 5.69 Å². The molecule has 0 amide bonds. The summed E-state index contributed by atoms with van der Waals surface area (Å²) in [6, 6.07) is 12.6. The van der Waals surface area contributed by atoms with Gasteiger partial charge in [0.2, 0.25) is 0 Å². The van der Waals surface area contributed by atoms with E-state index in [-0.39, 0.29) is 0 Å². The molecule has 1 heterocycles. The van der Waals surface area contributed by atoms with Crippen molar-refractivity contribution in [1.82, 2.24) is 0 Å². The van der Waals surface area contributed by atoms with Crippen LogP contribution in [0.1, 0.15) is 11.1 Å². The monoisotopic (exact) mass is 301 g/mol.